The lowest BCUT2D eigenvalue weighted by Gasteiger charge is -2.11. The van der Waals surface area contributed by atoms with Crippen molar-refractivity contribution in [3.8, 4) is 23.0 Å². The fourth-order valence-corrected chi connectivity index (χ4v) is 1.87. The third-order valence-corrected chi connectivity index (χ3v) is 3.04. The molecule has 0 saturated heterocycles. The summed E-state index contributed by atoms with van der Waals surface area (Å²) in [7, 11) is 0. The van der Waals surface area contributed by atoms with Crippen LogP contribution in [0.15, 0.2) is 42.5 Å². The number of carbonyl (C=O) groups excluding carboxylic acids is 1. The second kappa shape index (κ2) is 6.61. The summed E-state index contributed by atoms with van der Waals surface area (Å²) in [5.74, 6) is -3.88. The molecule has 0 fully saturated rings. The normalized spacial score (nSPS) is 11.1. The summed E-state index contributed by atoms with van der Waals surface area (Å²) in [6.07, 6.45) is 0.712. The van der Waals surface area contributed by atoms with Crippen molar-refractivity contribution in [3.05, 3.63) is 53.6 Å². The lowest BCUT2D eigenvalue weighted by molar-refractivity contribution is -0.131. The van der Waals surface area contributed by atoms with Gasteiger partial charge in [0.25, 0.3) is 5.91 Å². The second-order valence-electron chi connectivity index (χ2n) is 4.76. The lowest BCUT2D eigenvalue weighted by atomic mass is 10.1. The molecule has 0 saturated carbocycles. The number of phenolic OH excluding ortho intramolecular Hbond substituents is 4. The Morgan fingerprint density at radius 3 is 1.79 bits per heavy atom. The maximum atomic E-state index is 12.2. The Morgan fingerprint density at radius 1 is 0.792 bits per heavy atom. The van der Waals surface area contributed by atoms with Crippen molar-refractivity contribution in [2.24, 2.45) is 0 Å². The van der Waals surface area contributed by atoms with Gasteiger partial charge in [-0.3, -0.25) is 4.79 Å². The highest BCUT2D eigenvalue weighted by Gasteiger charge is 2.14. The van der Waals surface area contributed by atoms with Crippen molar-refractivity contribution < 1.29 is 35.1 Å². The Bertz CT molecular complexity index is 842. The minimum absolute atomic E-state index is 0.0235. The summed E-state index contributed by atoms with van der Waals surface area (Å²) in [6, 6.07) is 6.88. The van der Waals surface area contributed by atoms with Crippen molar-refractivity contribution >= 4 is 17.6 Å². The van der Waals surface area contributed by atoms with Gasteiger partial charge in [-0.25, -0.2) is 4.79 Å². The molecule has 0 heterocycles. The van der Waals surface area contributed by atoms with E-state index in [1.165, 1.54) is 12.1 Å². The van der Waals surface area contributed by atoms with Gasteiger partial charge in [-0.2, -0.15) is 0 Å². The van der Waals surface area contributed by atoms with Crippen LogP contribution in [0.4, 0.5) is 0 Å². The molecule has 0 atom stereocenters. The summed E-state index contributed by atoms with van der Waals surface area (Å²) < 4.78 is 0. The molecule has 0 radical (unpaired) electrons. The zero-order chi connectivity index (χ0) is 17.9. The number of rotatable bonds is 4. The third kappa shape index (κ3) is 3.74. The van der Waals surface area contributed by atoms with E-state index in [4.69, 9.17) is 5.11 Å². The smallest absolute Gasteiger partial charge is 0.330 e. The Balaban J connectivity index is 2.35. The molecule has 0 aliphatic carbocycles. The number of benzene rings is 2. The predicted octanol–water partition coefficient (Wildman–Crippen LogP) is 1.36. The van der Waals surface area contributed by atoms with Crippen LogP contribution in [-0.2, 0) is 4.79 Å². The molecular weight excluding hydrogens is 318 g/mol. The molecule has 2 rings (SSSR count). The number of carboxylic acid groups (broad SMARTS) is 1. The van der Waals surface area contributed by atoms with Gasteiger partial charge in [-0.05, 0) is 36.4 Å². The highest BCUT2D eigenvalue weighted by molar-refractivity contribution is 6.02. The van der Waals surface area contributed by atoms with E-state index in [9.17, 15) is 30.0 Å². The second-order valence-corrected chi connectivity index (χ2v) is 4.76. The average molecular weight is 331 g/mol. The molecule has 8 nitrogen and oxygen atoms in total. The molecule has 0 aliphatic rings. The third-order valence-electron chi connectivity index (χ3n) is 3.04. The van der Waals surface area contributed by atoms with E-state index in [1.807, 2.05) is 0 Å². The van der Waals surface area contributed by atoms with Crippen LogP contribution in [0.1, 0.15) is 15.9 Å². The van der Waals surface area contributed by atoms with E-state index in [0.29, 0.717) is 6.08 Å². The van der Waals surface area contributed by atoms with Crippen LogP contribution in [0.3, 0.4) is 0 Å². The zero-order valence-corrected chi connectivity index (χ0v) is 12.1. The molecule has 6 N–H and O–H groups in total. The van der Waals surface area contributed by atoms with Gasteiger partial charge in [-0.1, -0.05) is 0 Å². The van der Waals surface area contributed by atoms with Crippen molar-refractivity contribution in [1.29, 1.82) is 0 Å². The van der Waals surface area contributed by atoms with Gasteiger partial charge in [0, 0.05) is 17.2 Å². The fourth-order valence-electron chi connectivity index (χ4n) is 1.87. The highest BCUT2D eigenvalue weighted by Crippen LogP contribution is 2.28. The highest BCUT2D eigenvalue weighted by atomic mass is 16.4. The average Bonchev–Trinajstić information content (AvgIpc) is 2.51. The molecule has 0 aromatic heterocycles. The number of nitrogens with one attached hydrogen (secondary N) is 1. The predicted molar refractivity (Wildman–Crippen MR) is 82.6 cm³/mol. The van der Waals surface area contributed by atoms with E-state index in [0.717, 1.165) is 24.3 Å². The Labute approximate surface area is 135 Å². The number of amides is 1. The molecule has 24 heavy (non-hydrogen) atoms. The molecule has 2 aromatic carbocycles. The molecule has 124 valence electrons. The van der Waals surface area contributed by atoms with Gasteiger partial charge >= 0.3 is 5.97 Å². The van der Waals surface area contributed by atoms with Gasteiger partial charge in [0.2, 0.25) is 0 Å². The van der Waals surface area contributed by atoms with Gasteiger partial charge in [0.15, 0.2) is 23.0 Å². The van der Waals surface area contributed by atoms with Crippen LogP contribution in [0.2, 0.25) is 0 Å². The Morgan fingerprint density at radius 2 is 1.29 bits per heavy atom. The van der Waals surface area contributed by atoms with Crippen LogP contribution in [0.5, 0.6) is 23.0 Å². The molecule has 0 unspecified atom stereocenters. The van der Waals surface area contributed by atoms with Crippen LogP contribution >= 0.6 is 0 Å². The van der Waals surface area contributed by atoms with Crippen molar-refractivity contribution in [2.45, 2.75) is 0 Å². The summed E-state index contributed by atoms with van der Waals surface area (Å²) in [5.41, 5.74) is -0.0241. The van der Waals surface area contributed by atoms with E-state index in [-0.39, 0.29) is 16.8 Å². The number of hydrogen-bond donors (Lipinski definition) is 6. The van der Waals surface area contributed by atoms with Crippen LogP contribution < -0.4 is 5.32 Å². The lowest BCUT2D eigenvalue weighted by Crippen LogP contribution is -2.22. The molecule has 8 heteroatoms. The van der Waals surface area contributed by atoms with Crippen LogP contribution in [0, 0.1) is 0 Å². The van der Waals surface area contributed by atoms with Gasteiger partial charge in [-0.15, -0.1) is 0 Å². The van der Waals surface area contributed by atoms with Crippen molar-refractivity contribution in [1.82, 2.24) is 5.32 Å². The van der Waals surface area contributed by atoms with Crippen molar-refractivity contribution in [2.75, 3.05) is 0 Å². The Kier molecular flexibility index (Phi) is 4.60. The molecule has 1 amide bonds. The van der Waals surface area contributed by atoms with Gasteiger partial charge in [0.1, 0.15) is 0 Å². The number of aromatic hydroxyl groups is 4. The van der Waals surface area contributed by atoms with Gasteiger partial charge in [0.05, 0.1) is 5.70 Å². The maximum Gasteiger partial charge on any atom is 0.330 e. The molecule has 2 aromatic rings. The first-order chi connectivity index (χ1) is 11.3. The maximum absolute atomic E-state index is 12.2. The van der Waals surface area contributed by atoms with Crippen molar-refractivity contribution in [3.63, 3.8) is 0 Å². The fraction of sp³-hybridized carbons (Fsp3) is 0. The number of aliphatic carboxylic acids is 1. The van der Waals surface area contributed by atoms with Gasteiger partial charge < -0.3 is 30.8 Å². The first-order valence-corrected chi connectivity index (χ1v) is 6.58. The van der Waals surface area contributed by atoms with E-state index in [2.05, 4.69) is 5.32 Å². The minimum Gasteiger partial charge on any atom is -0.504 e. The van der Waals surface area contributed by atoms with E-state index < -0.39 is 34.9 Å². The summed E-state index contributed by atoms with van der Waals surface area (Å²) in [5, 5.41) is 48.7. The molecule has 0 bridgehead atoms. The quantitative estimate of drug-likeness (QED) is 0.366. The number of phenols is 4. The zero-order valence-electron chi connectivity index (χ0n) is 12.1. The minimum atomic E-state index is -1.34. The van der Waals surface area contributed by atoms with Crippen LogP contribution in [-0.4, -0.2) is 37.4 Å². The number of carbonyl (C=O) groups is 2. The molecule has 0 aliphatic heterocycles. The first kappa shape index (κ1) is 16.7. The number of carboxylic acids is 1. The van der Waals surface area contributed by atoms with E-state index >= 15 is 0 Å². The molecular formula is C16H13NO7. The topological polar surface area (TPSA) is 147 Å². The molecule has 0 spiro atoms. The monoisotopic (exact) mass is 331 g/mol. The first-order valence-electron chi connectivity index (χ1n) is 6.58. The van der Waals surface area contributed by atoms with Crippen LogP contribution in [0.25, 0.3) is 5.70 Å². The standard InChI is InChI=1S/C16H13NO7/c18-11-3-1-8(5-13(11)20)10(7-15(22)23)17-16(24)9-2-4-12(19)14(21)6-9/h1-7,18-21H,(H,17,24)(H,22,23). The van der Waals surface area contributed by atoms with E-state index in [1.54, 1.807) is 0 Å². The summed E-state index contributed by atoms with van der Waals surface area (Å²) in [6.45, 7) is 0. The number of hydrogen-bond acceptors (Lipinski definition) is 6. The summed E-state index contributed by atoms with van der Waals surface area (Å²) >= 11 is 0. The Hall–Kier alpha value is -3.68. The largest absolute Gasteiger partial charge is 0.504 e. The summed E-state index contributed by atoms with van der Waals surface area (Å²) in [4.78, 5) is 23.1. The SMILES string of the molecule is O=C(O)C=C(NC(=O)c1ccc(O)c(O)c1)c1ccc(O)c(O)c1.